The van der Waals surface area contributed by atoms with Crippen molar-refractivity contribution < 1.29 is 0 Å². The maximum Gasteiger partial charge on any atom is 0.0519 e. The van der Waals surface area contributed by atoms with Gasteiger partial charge in [-0.2, -0.15) is 5.10 Å². The minimum Gasteiger partial charge on any atom is -0.327 e. The molecule has 1 aromatic heterocycles. The van der Waals surface area contributed by atoms with E-state index in [2.05, 4.69) is 22.1 Å². The second-order valence-electron chi connectivity index (χ2n) is 4.29. The lowest BCUT2D eigenvalue weighted by atomic mass is 9.88. The summed E-state index contributed by atoms with van der Waals surface area (Å²) in [5.41, 5.74) is 7.37. The first kappa shape index (κ1) is 9.68. The van der Waals surface area contributed by atoms with Crippen LogP contribution in [-0.2, 0) is 6.42 Å². The predicted octanol–water partition coefficient (Wildman–Crippen LogP) is 0.231. The largest absolute Gasteiger partial charge is 0.327 e. The molecule has 0 amide bonds. The van der Waals surface area contributed by atoms with E-state index in [1.807, 2.05) is 12.4 Å². The summed E-state index contributed by atoms with van der Waals surface area (Å²) >= 11 is 0. The van der Waals surface area contributed by atoms with Crippen molar-refractivity contribution in [2.45, 2.75) is 18.9 Å². The molecule has 14 heavy (non-hydrogen) atoms. The summed E-state index contributed by atoms with van der Waals surface area (Å²) in [7, 11) is 2.16. The first-order valence-corrected chi connectivity index (χ1v) is 5.17. The van der Waals surface area contributed by atoms with Gasteiger partial charge in [0.2, 0.25) is 0 Å². The Balaban J connectivity index is 1.95. The number of aromatic amines is 1. The molecule has 0 aromatic carbocycles. The molecule has 1 aliphatic heterocycles. The van der Waals surface area contributed by atoms with Gasteiger partial charge in [-0.05, 0) is 37.9 Å². The first-order valence-electron chi connectivity index (χ1n) is 5.17. The number of hydrogen-bond donors (Lipinski definition) is 2. The zero-order valence-corrected chi connectivity index (χ0v) is 8.61. The summed E-state index contributed by atoms with van der Waals surface area (Å²) in [4.78, 5) is 2.36. The molecule has 1 fully saturated rings. The lowest BCUT2D eigenvalue weighted by Gasteiger charge is -2.34. The van der Waals surface area contributed by atoms with Crippen LogP contribution in [-0.4, -0.2) is 41.3 Å². The van der Waals surface area contributed by atoms with Crippen molar-refractivity contribution in [1.29, 1.82) is 0 Å². The second-order valence-corrected chi connectivity index (χ2v) is 4.29. The third-order valence-electron chi connectivity index (χ3n) is 3.05. The molecule has 0 saturated carbocycles. The summed E-state index contributed by atoms with van der Waals surface area (Å²) in [6, 6.07) is 0.348. The average molecular weight is 194 g/mol. The molecular formula is C10H18N4. The van der Waals surface area contributed by atoms with Crippen LogP contribution in [0.4, 0.5) is 0 Å². The number of rotatable bonds is 2. The predicted molar refractivity (Wildman–Crippen MR) is 55.9 cm³/mol. The van der Waals surface area contributed by atoms with Crippen LogP contribution in [0.25, 0.3) is 0 Å². The Kier molecular flexibility index (Phi) is 2.84. The number of aromatic nitrogens is 2. The van der Waals surface area contributed by atoms with Gasteiger partial charge in [-0.3, -0.25) is 5.10 Å². The molecule has 78 valence electrons. The zero-order chi connectivity index (χ0) is 9.97. The molecule has 0 radical (unpaired) electrons. The fourth-order valence-corrected chi connectivity index (χ4v) is 2.14. The molecule has 4 nitrogen and oxygen atoms in total. The van der Waals surface area contributed by atoms with E-state index >= 15 is 0 Å². The van der Waals surface area contributed by atoms with Crippen LogP contribution in [0.1, 0.15) is 12.0 Å². The van der Waals surface area contributed by atoms with Gasteiger partial charge in [0.15, 0.2) is 0 Å². The molecule has 1 aliphatic rings. The molecule has 4 heteroatoms. The number of nitrogens with one attached hydrogen (secondary N) is 1. The van der Waals surface area contributed by atoms with Crippen LogP contribution in [0, 0.1) is 5.92 Å². The first-order chi connectivity index (χ1) is 6.75. The van der Waals surface area contributed by atoms with Crippen LogP contribution in [0.15, 0.2) is 12.4 Å². The molecule has 3 N–H and O–H groups in total. The maximum atomic E-state index is 6.10. The highest BCUT2D eigenvalue weighted by Crippen LogP contribution is 2.18. The highest BCUT2D eigenvalue weighted by molar-refractivity contribution is 5.05. The maximum absolute atomic E-state index is 6.10. The SMILES string of the molecule is CN1CCC(N)C(Cc2cn[nH]c2)C1. The Bertz CT molecular complexity index is 270. The van der Waals surface area contributed by atoms with Crippen molar-refractivity contribution >= 4 is 0 Å². The van der Waals surface area contributed by atoms with Gasteiger partial charge in [0.05, 0.1) is 6.20 Å². The molecular weight excluding hydrogens is 176 g/mol. The third-order valence-corrected chi connectivity index (χ3v) is 3.05. The minimum atomic E-state index is 0.348. The Morgan fingerprint density at radius 3 is 3.29 bits per heavy atom. The Hall–Kier alpha value is -0.870. The molecule has 1 aromatic rings. The molecule has 0 bridgehead atoms. The topological polar surface area (TPSA) is 57.9 Å². The van der Waals surface area contributed by atoms with Crippen molar-refractivity contribution in [2.24, 2.45) is 11.7 Å². The molecule has 2 rings (SSSR count). The van der Waals surface area contributed by atoms with Crippen LogP contribution in [0.3, 0.4) is 0 Å². The molecule has 2 unspecified atom stereocenters. The molecule has 2 atom stereocenters. The van der Waals surface area contributed by atoms with Gasteiger partial charge < -0.3 is 10.6 Å². The number of nitrogens with two attached hydrogens (primary N) is 1. The summed E-state index contributed by atoms with van der Waals surface area (Å²) in [6.07, 6.45) is 6.00. The number of piperidine rings is 1. The fourth-order valence-electron chi connectivity index (χ4n) is 2.14. The van der Waals surface area contributed by atoms with Gasteiger partial charge in [-0.15, -0.1) is 0 Å². The summed E-state index contributed by atoms with van der Waals surface area (Å²) in [6.45, 7) is 2.23. The van der Waals surface area contributed by atoms with Gasteiger partial charge >= 0.3 is 0 Å². The fraction of sp³-hybridized carbons (Fsp3) is 0.700. The van der Waals surface area contributed by atoms with Gasteiger partial charge in [-0.25, -0.2) is 0 Å². The second kappa shape index (κ2) is 4.11. The Morgan fingerprint density at radius 2 is 2.57 bits per heavy atom. The average Bonchev–Trinajstić information content (AvgIpc) is 2.64. The van der Waals surface area contributed by atoms with E-state index in [1.54, 1.807) is 0 Å². The Morgan fingerprint density at radius 1 is 1.71 bits per heavy atom. The number of nitrogens with zero attached hydrogens (tertiary/aromatic N) is 2. The number of likely N-dealkylation sites (tertiary alicyclic amines) is 1. The summed E-state index contributed by atoms with van der Waals surface area (Å²) in [5, 5.41) is 6.79. The van der Waals surface area contributed by atoms with Crippen LogP contribution in [0.2, 0.25) is 0 Å². The minimum absolute atomic E-state index is 0.348. The molecule has 2 heterocycles. The molecule has 1 saturated heterocycles. The highest BCUT2D eigenvalue weighted by atomic mass is 15.1. The van der Waals surface area contributed by atoms with E-state index < -0.39 is 0 Å². The van der Waals surface area contributed by atoms with Crippen molar-refractivity contribution in [3.05, 3.63) is 18.0 Å². The third kappa shape index (κ3) is 2.13. The van der Waals surface area contributed by atoms with Crippen LogP contribution in [0.5, 0.6) is 0 Å². The van der Waals surface area contributed by atoms with Gasteiger partial charge in [0.25, 0.3) is 0 Å². The molecule has 0 spiro atoms. The highest BCUT2D eigenvalue weighted by Gasteiger charge is 2.24. The van der Waals surface area contributed by atoms with E-state index in [-0.39, 0.29) is 0 Å². The number of hydrogen-bond acceptors (Lipinski definition) is 3. The van der Waals surface area contributed by atoms with Gasteiger partial charge in [0.1, 0.15) is 0 Å². The van der Waals surface area contributed by atoms with Crippen molar-refractivity contribution in [1.82, 2.24) is 15.1 Å². The summed E-state index contributed by atoms with van der Waals surface area (Å²) < 4.78 is 0. The van der Waals surface area contributed by atoms with Crippen molar-refractivity contribution in [2.75, 3.05) is 20.1 Å². The van der Waals surface area contributed by atoms with Gasteiger partial charge in [0, 0.05) is 18.8 Å². The normalized spacial score (nSPS) is 29.3. The van der Waals surface area contributed by atoms with E-state index in [9.17, 15) is 0 Å². The van der Waals surface area contributed by atoms with E-state index in [0.717, 1.165) is 25.9 Å². The lowest BCUT2D eigenvalue weighted by molar-refractivity contribution is 0.185. The van der Waals surface area contributed by atoms with Gasteiger partial charge in [-0.1, -0.05) is 0 Å². The van der Waals surface area contributed by atoms with Crippen molar-refractivity contribution in [3.63, 3.8) is 0 Å². The van der Waals surface area contributed by atoms with Crippen LogP contribution >= 0.6 is 0 Å². The number of H-pyrrole nitrogens is 1. The van der Waals surface area contributed by atoms with E-state index in [1.165, 1.54) is 5.56 Å². The van der Waals surface area contributed by atoms with Crippen molar-refractivity contribution in [3.8, 4) is 0 Å². The Labute approximate surface area is 84.5 Å². The summed E-state index contributed by atoms with van der Waals surface area (Å²) in [5.74, 6) is 0.575. The zero-order valence-electron chi connectivity index (χ0n) is 8.61. The van der Waals surface area contributed by atoms with E-state index in [4.69, 9.17) is 5.73 Å². The van der Waals surface area contributed by atoms with Crippen LogP contribution < -0.4 is 5.73 Å². The standard InChI is InChI=1S/C10H18N4/c1-14-3-2-10(11)9(7-14)4-8-5-12-13-6-8/h5-6,9-10H,2-4,7,11H2,1H3,(H,12,13). The smallest absolute Gasteiger partial charge is 0.0519 e. The quantitative estimate of drug-likeness (QED) is 0.708. The monoisotopic (exact) mass is 194 g/mol. The lowest BCUT2D eigenvalue weighted by Crippen LogP contribution is -2.46. The molecule has 0 aliphatic carbocycles. The van der Waals surface area contributed by atoms with E-state index in [0.29, 0.717) is 12.0 Å².